The molecule has 0 amide bonds. The van der Waals surface area contributed by atoms with Gasteiger partial charge in [0, 0.05) is 5.92 Å². The minimum absolute atomic E-state index is 0.127. The fourth-order valence-electron chi connectivity index (χ4n) is 2.47. The van der Waals surface area contributed by atoms with Crippen molar-refractivity contribution in [1.82, 2.24) is 0 Å². The maximum absolute atomic E-state index is 9.06. The van der Waals surface area contributed by atoms with Crippen molar-refractivity contribution >= 4 is 0 Å². The molecule has 0 spiro atoms. The predicted molar refractivity (Wildman–Crippen MR) is 62.3 cm³/mol. The summed E-state index contributed by atoms with van der Waals surface area (Å²) >= 11 is 0. The van der Waals surface area contributed by atoms with E-state index in [1.165, 1.54) is 31.3 Å². The van der Waals surface area contributed by atoms with E-state index >= 15 is 0 Å². The maximum Gasteiger partial charge on any atom is 0.154 e. The molecule has 1 aliphatic carbocycles. The molecule has 0 saturated heterocycles. The lowest BCUT2D eigenvalue weighted by atomic mass is 9.79. The molecule has 0 radical (unpaired) electrons. The quantitative estimate of drug-likeness (QED) is 0.543. The third-order valence-corrected chi connectivity index (χ3v) is 3.53. The van der Waals surface area contributed by atoms with E-state index < -0.39 is 6.29 Å². The zero-order valence-electron chi connectivity index (χ0n) is 9.78. The van der Waals surface area contributed by atoms with Crippen molar-refractivity contribution in [1.29, 1.82) is 0 Å². The highest BCUT2D eigenvalue weighted by atomic mass is 16.5. The standard InChI is InChI=1S/C13H24O2/c1-10(2)4-3-5-11-6-8-12(9-7-11)13(14)15/h11-15H,1,3-9H2,2H3. The zero-order valence-corrected chi connectivity index (χ0v) is 9.78. The van der Waals surface area contributed by atoms with E-state index in [9.17, 15) is 0 Å². The number of allylic oxidation sites excluding steroid dienone is 1. The Bertz CT molecular complexity index is 191. The Morgan fingerprint density at radius 2 is 1.87 bits per heavy atom. The molecule has 88 valence electrons. The average Bonchev–Trinajstić information content (AvgIpc) is 2.18. The van der Waals surface area contributed by atoms with Crippen molar-refractivity contribution in [3.63, 3.8) is 0 Å². The molecule has 0 aromatic heterocycles. The Labute approximate surface area is 93.0 Å². The molecule has 0 bridgehead atoms. The average molecular weight is 212 g/mol. The summed E-state index contributed by atoms with van der Waals surface area (Å²) in [7, 11) is 0. The first-order valence-corrected chi connectivity index (χ1v) is 6.10. The number of hydrogen-bond donors (Lipinski definition) is 2. The molecule has 2 nitrogen and oxygen atoms in total. The molecule has 1 rings (SSSR count). The monoisotopic (exact) mass is 212 g/mol. The van der Waals surface area contributed by atoms with Crippen LogP contribution in [0.2, 0.25) is 0 Å². The third-order valence-electron chi connectivity index (χ3n) is 3.53. The highest BCUT2D eigenvalue weighted by Crippen LogP contribution is 2.33. The van der Waals surface area contributed by atoms with Crippen LogP contribution in [0.4, 0.5) is 0 Å². The molecule has 0 unspecified atom stereocenters. The van der Waals surface area contributed by atoms with Gasteiger partial charge in [0.25, 0.3) is 0 Å². The van der Waals surface area contributed by atoms with Crippen LogP contribution < -0.4 is 0 Å². The van der Waals surface area contributed by atoms with Crippen LogP contribution in [0.25, 0.3) is 0 Å². The van der Waals surface area contributed by atoms with E-state index in [0.717, 1.165) is 25.2 Å². The lowest BCUT2D eigenvalue weighted by Crippen LogP contribution is -2.25. The Kier molecular flexibility index (Phi) is 5.34. The summed E-state index contributed by atoms with van der Waals surface area (Å²) in [6.45, 7) is 5.99. The van der Waals surface area contributed by atoms with Crippen LogP contribution in [-0.2, 0) is 0 Å². The summed E-state index contributed by atoms with van der Waals surface area (Å²) in [6, 6.07) is 0. The van der Waals surface area contributed by atoms with Crippen LogP contribution >= 0.6 is 0 Å². The summed E-state index contributed by atoms with van der Waals surface area (Å²) in [6.07, 6.45) is 6.86. The summed E-state index contributed by atoms with van der Waals surface area (Å²) in [5, 5.41) is 18.1. The molecule has 2 N–H and O–H groups in total. The van der Waals surface area contributed by atoms with Gasteiger partial charge in [-0.2, -0.15) is 0 Å². The van der Waals surface area contributed by atoms with Gasteiger partial charge in [0.2, 0.25) is 0 Å². The van der Waals surface area contributed by atoms with Gasteiger partial charge in [-0.3, -0.25) is 0 Å². The van der Waals surface area contributed by atoms with E-state index in [-0.39, 0.29) is 5.92 Å². The summed E-state index contributed by atoms with van der Waals surface area (Å²) in [5.74, 6) is 0.932. The highest BCUT2D eigenvalue weighted by Gasteiger charge is 2.24. The fraction of sp³-hybridized carbons (Fsp3) is 0.846. The van der Waals surface area contributed by atoms with Crippen LogP contribution in [0.15, 0.2) is 12.2 Å². The zero-order chi connectivity index (χ0) is 11.3. The minimum Gasteiger partial charge on any atom is -0.368 e. The third kappa shape index (κ3) is 4.80. The van der Waals surface area contributed by atoms with Crippen LogP contribution in [0.1, 0.15) is 51.9 Å². The second-order valence-electron chi connectivity index (χ2n) is 5.04. The van der Waals surface area contributed by atoms with Gasteiger partial charge in [-0.1, -0.05) is 12.0 Å². The first-order chi connectivity index (χ1) is 7.09. The highest BCUT2D eigenvalue weighted by molar-refractivity contribution is 4.87. The molecule has 0 aliphatic heterocycles. The molecule has 0 atom stereocenters. The van der Waals surface area contributed by atoms with Gasteiger partial charge in [-0.05, 0) is 51.4 Å². The van der Waals surface area contributed by atoms with Crippen molar-refractivity contribution in [2.24, 2.45) is 11.8 Å². The van der Waals surface area contributed by atoms with Gasteiger partial charge >= 0.3 is 0 Å². The van der Waals surface area contributed by atoms with Crippen molar-refractivity contribution in [2.75, 3.05) is 0 Å². The maximum atomic E-state index is 9.06. The van der Waals surface area contributed by atoms with E-state index in [2.05, 4.69) is 13.5 Å². The van der Waals surface area contributed by atoms with Crippen molar-refractivity contribution in [2.45, 2.75) is 58.2 Å². The van der Waals surface area contributed by atoms with E-state index in [1.807, 2.05) is 0 Å². The van der Waals surface area contributed by atoms with E-state index in [0.29, 0.717) is 0 Å². The predicted octanol–water partition coefficient (Wildman–Crippen LogP) is 2.85. The molecule has 2 heteroatoms. The lowest BCUT2D eigenvalue weighted by Gasteiger charge is -2.29. The lowest BCUT2D eigenvalue weighted by molar-refractivity contribution is -0.0959. The molecular weight excluding hydrogens is 188 g/mol. The number of hydrogen-bond acceptors (Lipinski definition) is 2. The van der Waals surface area contributed by atoms with Crippen molar-refractivity contribution in [3.8, 4) is 0 Å². The van der Waals surface area contributed by atoms with Gasteiger partial charge in [-0.15, -0.1) is 6.58 Å². The van der Waals surface area contributed by atoms with Crippen molar-refractivity contribution in [3.05, 3.63) is 12.2 Å². The molecule has 0 aromatic rings. The normalized spacial score (nSPS) is 26.9. The minimum atomic E-state index is -1.10. The topological polar surface area (TPSA) is 40.5 Å². The number of rotatable bonds is 5. The van der Waals surface area contributed by atoms with Crippen LogP contribution in [0.5, 0.6) is 0 Å². The second-order valence-corrected chi connectivity index (χ2v) is 5.04. The summed E-state index contributed by atoms with van der Waals surface area (Å²) in [5.41, 5.74) is 1.27. The number of aliphatic hydroxyl groups excluding tert-OH is 1. The fourth-order valence-corrected chi connectivity index (χ4v) is 2.47. The number of aliphatic hydroxyl groups is 2. The summed E-state index contributed by atoms with van der Waals surface area (Å²) < 4.78 is 0. The molecule has 15 heavy (non-hydrogen) atoms. The Balaban J connectivity index is 2.12. The van der Waals surface area contributed by atoms with Crippen LogP contribution in [0, 0.1) is 11.8 Å². The first-order valence-electron chi connectivity index (χ1n) is 6.10. The molecule has 1 aliphatic rings. The van der Waals surface area contributed by atoms with Crippen LogP contribution in [-0.4, -0.2) is 16.5 Å². The van der Waals surface area contributed by atoms with Gasteiger partial charge in [0.15, 0.2) is 6.29 Å². The molecule has 1 saturated carbocycles. The van der Waals surface area contributed by atoms with Gasteiger partial charge in [0.05, 0.1) is 0 Å². The van der Waals surface area contributed by atoms with Gasteiger partial charge in [0.1, 0.15) is 0 Å². The van der Waals surface area contributed by atoms with E-state index in [1.54, 1.807) is 0 Å². The molecule has 1 fully saturated rings. The SMILES string of the molecule is C=C(C)CCCC1CCC(C(O)O)CC1. The Hall–Kier alpha value is -0.340. The van der Waals surface area contributed by atoms with Gasteiger partial charge in [-0.25, -0.2) is 0 Å². The summed E-state index contributed by atoms with van der Waals surface area (Å²) in [4.78, 5) is 0. The largest absolute Gasteiger partial charge is 0.368 e. The Morgan fingerprint density at radius 1 is 1.27 bits per heavy atom. The second kappa shape index (κ2) is 6.29. The Morgan fingerprint density at radius 3 is 2.33 bits per heavy atom. The smallest absolute Gasteiger partial charge is 0.154 e. The molecular formula is C13H24O2. The first kappa shape index (κ1) is 12.7. The van der Waals surface area contributed by atoms with Crippen LogP contribution in [0.3, 0.4) is 0 Å². The molecule has 0 heterocycles. The van der Waals surface area contributed by atoms with Crippen molar-refractivity contribution < 1.29 is 10.2 Å². The van der Waals surface area contributed by atoms with E-state index in [4.69, 9.17) is 10.2 Å². The van der Waals surface area contributed by atoms with Gasteiger partial charge < -0.3 is 10.2 Å². The molecule has 0 aromatic carbocycles.